The number of imidazole rings is 1. The van der Waals surface area contributed by atoms with Gasteiger partial charge in [-0.25, -0.2) is 15.0 Å². The lowest BCUT2D eigenvalue weighted by Gasteiger charge is -2.09. The van der Waals surface area contributed by atoms with E-state index in [1.54, 1.807) is 12.4 Å². The first kappa shape index (κ1) is 12.7. The van der Waals surface area contributed by atoms with Gasteiger partial charge in [0.05, 0.1) is 24.7 Å². The zero-order chi connectivity index (χ0) is 13.1. The van der Waals surface area contributed by atoms with Gasteiger partial charge in [0.2, 0.25) is 0 Å². The third kappa shape index (κ3) is 2.39. The van der Waals surface area contributed by atoms with Crippen LogP contribution < -0.4 is 5.73 Å². The molecule has 2 aromatic rings. The fraction of sp³-hybridized carbons (Fsp3) is 0.417. The normalized spacial score (nSPS) is 14.1. The third-order valence-corrected chi connectivity index (χ3v) is 2.71. The summed E-state index contributed by atoms with van der Waals surface area (Å²) < 4.78 is 0. The van der Waals surface area contributed by atoms with Crippen molar-refractivity contribution in [2.45, 2.75) is 26.3 Å². The molecular weight excluding hydrogens is 230 g/mol. The summed E-state index contributed by atoms with van der Waals surface area (Å²) in [5.41, 5.74) is 9.00. The number of aromatic amines is 1. The lowest BCUT2D eigenvalue weighted by molar-refractivity contribution is 0.330. The van der Waals surface area contributed by atoms with E-state index in [0.29, 0.717) is 11.3 Å². The first-order chi connectivity index (χ1) is 8.65. The van der Waals surface area contributed by atoms with E-state index in [-0.39, 0.29) is 12.6 Å². The van der Waals surface area contributed by atoms with Crippen molar-refractivity contribution in [1.29, 1.82) is 0 Å². The molecule has 1 atom stereocenters. The number of aliphatic hydroxyl groups is 1. The van der Waals surface area contributed by atoms with E-state index in [0.717, 1.165) is 23.3 Å². The maximum atomic E-state index is 9.03. The lowest BCUT2D eigenvalue weighted by atomic mass is 10.1. The molecule has 2 heterocycles. The van der Waals surface area contributed by atoms with Gasteiger partial charge in [0, 0.05) is 6.42 Å². The smallest absolute Gasteiger partial charge is 0.181 e. The molecule has 2 rings (SSSR count). The van der Waals surface area contributed by atoms with E-state index < -0.39 is 0 Å². The third-order valence-electron chi connectivity index (χ3n) is 2.71. The molecule has 96 valence electrons. The molecule has 1 unspecified atom stereocenters. The van der Waals surface area contributed by atoms with Gasteiger partial charge in [-0.05, 0) is 6.92 Å². The zero-order valence-corrected chi connectivity index (χ0v) is 10.5. The highest BCUT2D eigenvalue weighted by Gasteiger charge is 2.14. The van der Waals surface area contributed by atoms with Gasteiger partial charge in [0.25, 0.3) is 0 Å². The van der Waals surface area contributed by atoms with Crippen LogP contribution in [0.2, 0.25) is 0 Å². The van der Waals surface area contributed by atoms with Gasteiger partial charge >= 0.3 is 0 Å². The number of aliphatic hydroxyl groups excluding tert-OH is 1. The van der Waals surface area contributed by atoms with E-state index in [4.69, 9.17) is 10.8 Å². The Labute approximate surface area is 105 Å². The predicted octanol–water partition coefficient (Wildman–Crippen LogP) is 0.854. The Bertz CT molecular complexity index is 575. The molecule has 0 fully saturated rings. The Hall–Kier alpha value is -1.79. The molecule has 0 aliphatic heterocycles. The van der Waals surface area contributed by atoms with Crippen molar-refractivity contribution in [2.75, 3.05) is 6.61 Å². The highest BCUT2D eigenvalue weighted by molar-refractivity contribution is 5.73. The molecule has 0 amide bonds. The second-order valence-corrected chi connectivity index (χ2v) is 4.18. The molecule has 18 heavy (non-hydrogen) atoms. The molecule has 0 aliphatic carbocycles. The number of fused-ring (bicyclic) bond motifs is 1. The van der Waals surface area contributed by atoms with Gasteiger partial charge < -0.3 is 15.8 Å². The van der Waals surface area contributed by atoms with Crippen LogP contribution >= 0.6 is 0 Å². The maximum absolute atomic E-state index is 9.03. The molecule has 0 aromatic carbocycles. The van der Waals surface area contributed by atoms with Crippen molar-refractivity contribution in [3.8, 4) is 0 Å². The molecule has 0 aliphatic rings. The number of rotatable bonds is 4. The second kappa shape index (κ2) is 5.24. The molecule has 0 bridgehead atoms. The average molecular weight is 247 g/mol. The van der Waals surface area contributed by atoms with Crippen molar-refractivity contribution in [3.05, 3.63) is 29.5 Å². The summed E-state index contributed by atoms with van der Waals surface area (Å²) in [6.07, 6.45) is 4.10. The molecule has 6 nitrogen and oxygen atoms in total. The second-order valence-electron chi connectivity index (χ2n) is 4.18. The minimum absolute atomic E-state index is 0.00840. The molecule has 0 saturated carbocycles. The number of aromatic nitrogens is 4. The fourth-order valence-corrected chi connectivity index (χ4v) is 1.74. The summed E-state index contributed by atoms with van der Waals surface area (Å²) in [7, 11) is 0. The zero-order valence-electron chi connectivity index (χ0n) is 10.5. The van der Waals surface area contributed by atoms with E-state index in [1.165, 1.54) is 0 Å². The van der Waals surface area contributed by atoms with Crippen LogP contribution in [0.5, 0.6) is 0 Å². The summed E-state index contributed by atoms with van der Waals surface area (Å²) >= 11 is 0. The van der Waals surface area contributed by atoms with Gasteiger partial charge in [-0.1, -0.05) is 18.6 Å². The van der Waals surface area contributed by atoms with Crippen LogP contribution in [0, 0.1) is 0 Å². The van der Waals surface area contributed by atoms with Gasteiger partial charge in [-0.15, -0.1) is 0 Å². The van der Waals surface area contributed by atoms with Gasteiger partial charge in [0.15, 0.2) is 5.65 Å². The maximum Gasteiger partial charge on any atom is 0.181 e. The Kier molecular flexibility index (Phi) is 3.69. The summed E-state index contributed by atoms with van der Waals surface area (Å²) in [5.74, 6) is 0.718. The first-order valence-corrected chi connectivity index (χ1v) is 5.89. The highest BCUT2D eigenvalue weighted by Crippen LogP contribution is 2.19. The SMILES string of the molecule is CCc1nc(C(N)C=C(C)CO)c2[nH]cnc2n1. The van der Waals surface area contributed by atoms with Gasteiger partial charge in [-0.3, -0.25) is 0 Å². The van der Waals surface area contributed by atoms with E-state index >= 15 is 0 Å². The molecular formula is C12H17N5O. The number of nitrogens with one attached hydrogen (secondary N) is 1. The van der Waals surface area contributed by atoms with Crippen molar-refractivity contribution in [2.24, 2.45) is 5.73 Å². The van der Waals surface area contributed by atoms with E-state index in [1.807, 2.05) is 13.8 Å². The Morgan fingerprint density at radius 2 is 2.33 bits per heavy atom. The van der Waals surface area contributed by atoms with Crippen LogP contribution in [-0.4, -0.2) is 31.6 Å². The predicted molar refractivity (Wildman–Crippen MR) is 68.8 cm³/mol. The summed E-state index contributed by atoms with van der Waals surface area (Å²) in [6.45, 7) is 3.80. The summed E-state index contributed by atoms with van der Waals surface area (Å²) in [5, 5.41) is 9.03. The van der Waals surface area contributed by atoms with Crippen molar-refractivity contribution in [3.63, 3.8) is 0 Å². The van der Waals surface area contributed by atoms with Crippen molar-refractivity contribution >= 4 is 11.2 Å². The average Bonchev–Trinajstić information content (AvgIpc) is 2.85. The van der Waals surface area contributed by atoms with Crippen LogP contribution in [0.3, 0.4) is 0 Å². The minimum atomic E-state index is -0.381. The summed E-state index contributed by atoms with van der Waals surface area (Å²) in [4.78, 5) is 15.9. The Morgan fingerprint density at radius 3 is 3.00 bits per heavy atom. The molecule has 0 radical (unpaired) electrons. The number of hydrogen-bond acceptors (Lipinski definition) is 5. The first-order valence-electron chi connectivity index (χ1n) is 5.89. The standard InChI is InChI=1S/C12H17N5O/c1-3-9-16-10(8(13)4-7(2)5-18)11-12(17-9)15-6-14-11/h4,6,8,18H,3,5,13H2,1-2H3,(H,14,15,16,17). The molecule has 0 spiro atoms. The number of nitrogens with zero attached hydrogens (tertiary/aromatic N) is 3. The van der Waals surface area contributed by atoms with Crippen LogP contribution in [0.1, 0.15) is 31.4 Å². The molecule has 4 N–H and O–H groups in total. The minimum Gasteiger partial charge on any atom is -0.392 e. The number of H-pyrrole nitrogens is 1. The highest BCUT2D eigenvalue weighted by atomic mass is 16.3. The fourth-order valence-electron chi connectivity index (χ4n) is 1.74. The summed E-state index contributed by atoms with van der Waals surface area (Å²) in [6, 6.07) is -0.381. The van der Waals surface area contributed by atoms with Crippen LogP contribution in [0.4, 0.5) is 0 Å². The van der Waals surface area contributed by atoms with Gasteiger partial charge in [-0.2, -0.15) is 0 Å². The quantitative estimate of drug-likeness (QED) is 0.695. The van der Waals surface area contributed by atoms with Crippen LogP contribution in [-0.2, 0) is 6.42 Å². The number of nitrogens with two attached hydrogens (primary N) is 1. The lowest BCUT2D eigenvalue weighted by Crippen LogP contribution is -2.13. The number of hydrogen-bond donors (Lipinski definition) is 3. The van der Waals surface area contributed by atoms with Crippen LogP contribution in [0.15, 0.2) is 18.0 Å². The van der Waals surface area contributed by atoms with E-state index in [9.17, 15) is 0 Å². The Balaban J connectivity index is 2.51. The monoisotopic (exact) mass is 247 g/mol. The van der Waals surface area contributed by atoms with Crippen molar-refractivity contribution in [1.82, 2.24) is 19.9 Å². The van der Waals surface area contributed by atoms with E-state index in [2.05, 4.69) is 19.9 Å². The number of aryl methyl sites for hydroxylation is 1. The largest absolute Gasteiger partial charge is 0.392 e. The van der Waals surface area contributed by atoms with Gasteiger partial charge in [0.1, 0.15) is 11.3 Å². The topological polar surface area (TPSA) is 101 Å². The Morgan fingerprint density at radius 1 is 1.56 bits per heavy atom. The molecule has 0 saturated heterocycles. The van der Waals surface area contributed by atoms with Crippen LogP contribution in [0.25, 0.3) is 11.2 Å². The molecule has 2 aromatic heterocycles. The van der Waals surface area contributed by atoms with Crippen molar-refractivity contribution < 1.29 is 5.11 Å². The molecule has 6 heteroatoms.